The lowest BCUT2D eigenvalue weighted by Crippen LogP contribution is -2.52. The standard InChI is InChI=1S/C32H38ClN3O5S/c1-22-12-15-28(16-13-22)42(39,40)36(29-19-26(33)14-17-30(29)41-4)21-31(37)35(20-25-9-7-8-23(2)18-25)24(3)32(38)34-27-10-5-6-11-27/h7-9,12-19,24,27H,5-6,10-11,20-21H2,1-4H3,(H,34,38)/t24-/m0/s1. The predicted octanol–water partition coefficient (Wildman–Crippen LogP) is 5.64. The van der Waals surface area contributed by atoms with Gasteiger partial charge in [0.05, 0.1) is 17.7 Å². The summed E-state index contributed by atoms with van der Waals surface area (Å²) in [7, 11) is -2.83. The van der Waals surface area contributed by atoms with E-state index in [4.69, 9.17) is 16.3 Å². The van der Waals surface area contributed by atoms with E-state index < -0.39 is 28.5 Å². The molecule has 3 aromatic rings. The lowest BCUT2D eigenvalue weighted by Gasteiger charge is -2.33. The molecule has 0 heterocycles. The minimum absolute atomic E-state index is 0.0141. The van der Waals surface area contributed by atoms with Gasteiger partial charge in [-0.1, -0.05) is 72.0 Å². The van der Waals surface area contributed by atoms with Crippen LogP contribution in [0.2, 0.25) is 5.02 Å². The van der Waals surface area contributed by atoms with Crippen molar-refractivity contribution in [1.82, 2.24) is 10.2 Å². The summed E-state index contributed by atoms with van der Waals surface area (Å²) in [4.78, 5) is 29.0. The zero-order valence-corrected chi connectivity index (χ0v) is 26.0. The fourth-order valence-electron chi connectivity index (χ4n) is 5.19. The van der Waals surface area contributed by atoms with Crippen LogP contribution in [-0.2, 0) is 26.2 Å². The Morgan fingerprint density at radius 3 is 2.33 bits per heavy atom. The van der Waals surface area contributed by atoms with E-state index in [9.17, 15) is 18.0 Å². The largest absolute Gasteiger partial charge is 0.495 e. The number of hydrogen-bond acceptors (Lipinski definition) is 5. The maximum atomic E-state index is 14.2. The zero-order valence-electron chi connectivity index (χ0n) is 24.5. The minimum atomic E-state index is -4.25. The van der Waals surface area contributed by atoms with Crippen LogP contribution in [0.3, 0.4) is 0 Å². The third-order valence-electron chi connectivity index (χ3n) is 7.60. The number of benzene rings is 3. The number of halogens is 1. The Labute approximate surface area is 253 Å². The van der Waals surface area contributed by atoms with E-state index in [0.717, 1.165) is 46.7 Å². The molecule has 42 heavy (non-hydrogen) atoms. The van der Waals surface area contributed by atoms with Crippen molar-refractivity contribution < 1.29 is 22.7 Å². The number of methoxy groups -OCH3 is 1. The molecule has 10 heteroatoms. The number of rotatable bonds is 11. The Kier molecular flexibility index (Phi) is 10.2. The lowest BCUT2D eigenvalue weighted by molar-refractivity contribution is -0.139. The van der Waals surface area contributed by atoms with Gasteiger partial charge in [0, 0.05) is 17.6 Å². The zero-order chi connectivity index (χ0) is 30.4. The number of carbonyl (C=O) groups excluding carboxylic acids is 2. The Balaban J connectivity index is 1.74. The molecule has 1 atom stereocenters. The van der Waals surface area contributed by atoms with Crippen molar-refractivity contribution in [2.45, 2.75) is 70.0 Å². The number of sulfonamides is 1. The van der Waals surface area contributed by atoms with Gasteiger partial charge in [0.25, 0.3) is 10.0 Å². The normalized spacial score (nSPS) is 14.3. The Morgan fingerprint density at radius 1 is 1.00 bits per heavy atom. The molecule has 0 saturated heterocycles. The highest BCUT2D eigenvalue weighted by atomic mass is 35.5. The van der Waals surface area contributed by atoms with E-state index in [1.807, 2.05) is 38.1 Å². The van der Waals surface area contributed by atoms with Crippen LogP contribution in [0.15, 0.2) is 71.6 Å². The summed E-state index contributed by atoms with van der Waals surface area (Å²) in [6, 6.07) is 17.9. The van der Waals surface area contributed by atoms with Crippen molar-refractivity contribution in [2.75, 3.05) is 18.0 Å². The van der Waals surface area contributed by atoms with Crippen LogP contribution >= 0.6 is 11.6 Å². The molecule has 1 fully saturated rings. The summed E-state index contributed by atoms with van der Waals surface area (Å²) in [5.41, 5.74) is 2.85. The summed E-state index contributed by atoms with van der Waals surface area (Å²) in [6.45, 7) is 5.05. The molecule has 3 aromatic carbocycles. The van der Waals surface area contributed by atoms with Crippen LogP contribution in [0.5, 0.6) is 5.75 Å². The highest BCUT2D eigenvalue weighted by Gasteiger charge is 2.34. The van der Waals surface area contributed by atoms with Crippen LogP contribution in [0.1, 0.15) is 49.3 Å². The summed E-state index contributed by atoms with van der Waals surface area (Å²) in [5, 5.41) is 3.36. The first-order valence-corrected chi connectivity index (χ1v) is 15.9. The van der Waals surface area contributed by atoms with Gasteiger partial charge >= 0.3 is 0 Å². The summed E-state index contributed by atoms with van der Waals surface area (Å²) < 4.78 is 34.7. The molecule has 0 radical (unpaired) electrons. The number of carbonyl (C=O) groups is 2. The molecule has 1 saturated carbocycles. The number of ether oxygens (including phenoxy) is 1. The van der Waals surface area contributed by atoms with Gasteiger partial charge in [-0.15, -0.1) is 0 Å². The van der Waals surface area contributed by atoms with Gasteiger partial charge in [-0.25, -0.2) is 8.42 Å². The second kappa shape index (κ2) is 13.6. The lowest BCUT2D eigenvalue weighted by atomic mass is 10.1. The van der Waals surface area contributed by atoms with Crippen LogP contribution in [0.4, 0.5) is 5.69 Å². The molecule has 2 amide bonds. The molecule has 0 bridgehead atoms. The van der Waals surface area contributed by atoms with E-state index in [1.165, 1.54) is 30.2 Å². The average molecular weight is 612 g/mol. The van der Waals surface area contributed by atoms with Gasteiger partial charge in [-0.05, 0) is 69.5 Å². The van der Waals surface area contributed by atoms with E-state index in [2.05, 4.69) is 5.32 Å². The fraction of sp³-hybridized carbons (Fsp3) is 0.375. The molecule has 0 spiro atoms. The second-order valence-electron chi connectivity index (χ2n) is 10.8. The maximum absolute atomic E-state index is 14.2. The van der Waals surface area contributed by atoms with E-state index >= 15 is 0 Å². The van der Waals surface area contributed by atoms with E-state index in [1.54, 1.807) is 31.2 Å². The number of anilines is 1. The van der Waals surface area contributed by atoms with E-state index in [0.29, 0.717) is 0 Å². The van der Waals surface area contributed by atoms with E-state index in [-0.39, 0.29) is 39.8 Å². The third kappa shape index (κ3) is 7.44. The first kappa shape index (κ1) is 31.4. The summed E-state index contributed by atoms with van der Waals surface area (Å²) in [5.74, 6) is -0.570. The van der Waals surface area contributed by atoms with Crippen molar-refractivity contribution in [3.8, 4) is 5.75 Å². The maximum Gasteiger partial charge on any atom is 0.264 e. The van der Waals surface area contributed by atoms with Crippen molar-refractivity contribution in [2.24, 2.45) is 0 Å². The van der Waals surface area contributed by atoms with Gasteiger partial charge in [0.2, 0.25) is 11.8 Å². The molecule has 224 valence electrons. The molecular weight excluding hydrogens is 574 g/mol. The molecular formula is C32H38ClN3O5S. The quantitative estimate of drug-likeness (QED) is 0.303. The topological polar surface area (TPSA) is 96.0 Å². The van der Waals surface area contributed by atoms with Gasteiger partial charge in [-0.2, -0.15) is 0 Å². The van der Waals surface area contributed by atoms with Crippen LogP contribution in [0.25, 0.3) is 0 Å². The van der Waals surface area contributed by atoms with Crippen molar-refractivity contribution >= 4 is 39.1 Å². The number of hydrogen-bond donors (Lipinski definition) is 1. The Morgan fingerprint density at radius 2 is 1.69 bits per heavy atom. The smallest absolute Gasteiger partial charge is 0.264 e. The highest BCUT2D eigenvalue weighted by Crippen LogP contribution is 2.35. The van der Waals surface area contributed by atoms with Crippen LogP contribution in [0, 0.1) is 13.8 Å². The molecule has 0 unspecified atom stereocenters. The average Bonchev–Trinajstić information content (AvgIpc) is 3.47. The first-order valence-electron chi connectivity index (χ1n) is 14.1. The SMILES string of the molecule is COc1ccc(Cl)cc1N(CC(=O)N(Cc1cccc(C)c1)[C@@H](C)C(=O)NC1CCCC1)S(=O)(=O)c1ccc(C)cc1. The van der Waals surface area contributed by atoms with Crippen molar-refractivity contribution in [3.05, 3.63) is 88.4 Å². The van der Waals surface area contributed by atoms with Crippen LogP contribution < -0.4 is 14.4 Å². The predicted molar refractivity (Wildman–Crippen MR) is 165 cm³/mol. The minimum Gasteiger partial charge on any atom is -0.495 e. The number of aryl methyl sites for hydroxylation is 2. The molecule has 1 aliphatic rings. The molecule has 1 N–H and O–H groups in total. The Bertz CT molecular complexity index is 1520. The van der Waals surface area contributed by atoms with Gasteiger partial charge < -0.3 is 15.0 Å². The summed E-state index contributed by atoms with van der Waals surface area (Å²) in [6.07, 6.45) is 3.92. The number of nitrogens with zero attached hydrogens (tertiary/aromatic N) is 2. The van der Waals surface area contributed by atoms with Crippen molar-refractivity contribution in [1.29, 1.82) is 0 Å². The number of amides is 2. The first-order chi connectivity index (χ1) is 20.0. The van der Waals surface area contributed by atoms with Gasteiger partial charge in [0.1, 0.15) is 18.3 Å². The van der Waals surface area contributed by atoms with Gasteiger partial charge in [-0.3, -0.25) is 13.9 Å². The second-order valence-corrected chi connectivity index (χ2v) is 13.1. The highest BCUT2D eigenvalue weighted by molar-refractivity contribution is 7.92. The fourth-order valence-corrected chi connectivity index (χ4v) is 6.77. The third-order valence-corrected chi connectivity index (χ3v) is 9.61. The Hall–Kier alpha value is -3.56. The van der Waals surface area contributed by atoms with Crippen molar-refractivity contribution in [3.63, 3.8) is 0 Å². The molecule has 4 rings (SSSR count). The number of nitrogens with one attached hydrogen (secondary N) is 1. The molecule has 1 aliphatic carbocycles. The van der Waals surface area contributed by atoms with Crippen LogP contribution in [-0.4, -0.2) is 50.9 Å². The molecule has 0 aromatic heterocycles. The van der Waals surface area contributed by atoms with Gasteiger partial charge in [0.15, 0.2) is 0 Å². The molecule has 0 aliphatic heterocycles. The monoisotopic (exact) mass is 611 g/mol. The molecule has 8 nitrogen and oxygen atoms in total. The summed E-state index contributed by atoms with van der Waals surface area (Å²) >= 11 is 6.30.